The summed E-state index contributed by atoms with van der Waals surface area (Å²) in [6.07, 6.45) is 1.12. The number of hydrogen-bond acceptors (Lipinski definition) is 2. The van der Waals surface area contributed by atoms with Gasteiger partial charge in [-0.3, -0.25) is 4.79 Å². The summed E-state index contributed by atoms with van der Waals surface area (Å²) in [6, 6.07) is 3.69. The fourth-order valence-corrected chi connectivity index (χ4v) is 1.24. The lowest BCUT2D eigenvalue weighted by Crippen LogP contribution is -2.14. The van der Waals surface area contributed by atoms with Crippen molar-refractivity contribution >= 4 is 5.97 Å². The lowest BCUT2D eigenvalue weighted by Gasteiger charge is -2.06. The van der Waals surface area contributed by atoms with Gasteiger partial charge in [-0.05, 0) is 25.5 Å². The third kappa shape index (κ3) is 2.61. The highest BCUT2D eigenvalue weighted by Crippen LogP contribution is 2.14. The van der Waals surface area contributed by atoms with Crippen molar-refractivity contribution < 1.29 is 14.3 Å². The van der Waals surface area contributed by atoms with Crippen molar-refractivity contribution in [3.63, 3.8) is 0 Å². The quantitative estimate of drug-likeness (QED) is 0.776. The van der Waals surface area contributed by atoms with E-state index in [4.69, 9.17) is 9.52 Å². The summed E-state index contributed by atoms with van der Waals surface area (Å²) in [4.78, 5) is 10.7. The van der Waals surface area contributed by atoms with Crippen LogP contribution >= 0.6 is 0 Å². The SMILES string of the molecule is CCC(Cc1ccc(C)o1)C(=O)O. The van der Waals surface area contributed by atoms with Gasteiger partial charge in [0.05, 0.1) is 5.92 Å². The molecule has 1 heterocycles. The molecule has 13 heavy (non-hydrogen) atoms. The van der Waals surface area contributed by atoms with E-state index in [1.54, 1.807) is 0 Å². The molecule has 0 saturated heterocycles. The molecule has 1 unspecified atom stereocenters. The second-order valence-corrected chi connectivity index (χ2v) is 3.16. The molecule has 1 aromatic heterocycles. The molecule has 0 aliphatic heterocycles. The Labute approximate surface area is 77.4 Å². The van der Waals surface area contributed by atoms with Crippen LogP contribution < -0.4 is 0 Å². The van der Waals surface area contributed by atoms with Crippen LogP contribution in [0.1, 0.15) is 24.9 Å². The van der Waals surface area contributed by atoms with Crippen LogP contribution in [0.3, 0.4) is 0 Å². The van der Waals surface area contributed by atoms with Gasteiger partial charge >= 0.3 is 5.97 Å². The first kappa shape index (κ1) is 9.84. The number of carboxylic acid groups (broad SMARTS) is 1. The zero-order valence-corrected chi connectivity index (χ0v) is 7.91. The van der Waals surface area contributed by atoms with Crippen LogP contribution in [0.25, 0.3) is 0 Å². The van der Waals surface area contributed by atoms with Crippen molar-refractivity contribution in [3.05, 3.63) is 23.7 Å². The van der Waals surface area contributed by atoms with Gasteiger partial charge < -0.3 is 9.52 Å². The van der Waals surface area contributed by atoms with Crippen LogP contribution in [-0.4, -0.2) is 11.1 Å². The normalized spacial score (nSPS) is 12.8. The topological polar surface area (TPSA) is 50.4 Å². The average Bonchev–Trinajstić information content (AvgIpc) is 2.46. The molecule has 0 bridgehead atoms. The zero-order chi connectivity index (χ0) is 9.84. The van der Waals surface area contributed by atoms with E-state index in [1.807, 2.05) is 26.0 Å². The average molecular weight is 182 g/mol. The minimum Gasteiger partial charge on any atom is -0.481 e. The van der Waals surface area contributed by atoms with Gasteiger partial charge in [-0.25, -0.2) is 0 Å². The molecule has 0 saturated carbocycles. The molecule has 0 spiro atoms. The predicted octanol–water partition coefficient (Wildman–Crippen LogP) is 2.24. The van der Waals surface area contributed by atoms with Gasteiger partial charge in [0.25, 0.3) is 0 Å². The van der Waals surface area contributed by atoms with E-state index in [0.29, 0.717) is 12.8 Å². The molecule has 1 N–H and O–H groups in total. The van der Waals surface area contributed by atoms with Crippen LogP contribution in [0.2, 0.25) is 0 Å². The summed E-state index contributed by atoms with van der Waals surface area (Å²) >= 11 is 0. The van der Waals surface area contributed by atoms with Crippen molar-refractivity contribution in [3.8, 4) is 0 Å². The highest BCUT2D eigenvalue weighted by molar-refractivity contribution is 5.70. The molecule has 0 aliphatic carbocycles. The standard InChI is InChI=1S/C10H14O3/c1-3-8(10(11)12)6-9-5-4-7(2)13-9/h4-5,8H,3,6H2,1-2H3,(H,11,12). The predicted molar refractivity (Wildman–Crippen MR) is 48.6 cm³/mol. The van der Waals surface area contributed by atoms with E-state index >= 15 is 0 Å². The molecule has 72 valence electrons. The van der Waals surface area contributed by atoms with E-state index in [1.165, 1.54) is 0 Å². The summed E-state index contributed by atoms with van der Waals surface area (Å²) in [5.74, 6) is 0.504. The van der Waals surface area contributed by atoms with Crippen LogP contribution in [0.15, 0.2) is 16.5 Å². The Bertz CT molecular complexity index is 288. The summed E-state index contributed by atoms with van der Waals surface area (Å²) in [7, 11) is 0. The van der Waals surface area contributed by atoms with Gasteiger partial charge in [-0.2, -0.15) is 0 Å². The molecule has 0 fully saturated rings. The Balaban J connectivity index is 2.61. The summed E-state index contributed by atoms with van der Waals surface area (Å²) in [5, 5.41) is 8.80. The van der Waals surface area contributed by atoms with Crippen LogP contribution in [0, 0.1) is 12.8 Å². The molecule has 0 radical (unpaired) electrons. The van der Waals surface area contributed by atoms with E-state index in [2.05, 4.69) is 0 Å². The van der Waals surface area contributed by atoms with Crippen molar-refractivity contribution in [1.82, 2.24) is 0 Å². The highest BCUT2D eigenvalue weighted by Gasteiger charge is 2.16. The van der Waals surface area contributed by atoms with Gasteiger partial charge in [0.15, 0.2) is 0 Å². The van der Waals surface area contributed by atoms with Gasteiger partial charge in [0.1, 0.15) is 11.5 Å². The number of aryl methyl sites for hydroxylation is 1. The number of aliphatic carboxylic acids is 1. The Morgan fingerprint density at radius 1 is 1.62 bits per heavy atom. The van der Waals surface area contributed by atoms with E-state index < -0.39 is 5.97 Å². The smallest absolute Gasteiger partial charge is 0.306 e. The molecule has 1 rings (SSSR count). The van der Waals surface area contributed by atoms with Crippen molar-refractivity contribution in [2.45, 2.75) is 26.7 Å². The maximum atomic E-state index is 10.7. The van der Waals surface area contributed by atoms with Crippen LogP contribution in [0.5, 0.6) is 0 Å². The zero-order valence-electron chi connectivity index (χ0n) is 7.91. The number of furan rings is 1. The maximum absolute atomic E-state index is 10.7. The minimum atomic E-state index is -0.753. The molecule has 1 atom stereocenters. The van der Waals surface area contributed by atoms with Crippen LogP contribution in [0.4, 0.5) is 0 Å². The van der Waals surface area contributed by atoms with Crippen molar-refractivity contribution in [2.24, 2.45) is 5.92 Å². The number of hydrogen-bond donors (Lipinski definition) is 1. The second-order valence-electron chi connectivity index (χ2n) is 3.16. The molecular weight excluding hydrogens is 168 g/mol. The van der Waals surface area contributed by atoms with Gasteiger partial charge in [0, 0.05) is 6.42 Å². The lowest BCUT2D eigenvalue weighted by molar-refractivity contribution is -0.141. The van der Waals surface area contributed by atoms with Gasteiger partial charge in [-0.1, -0.05) is 6.92 Å². The second kappa shape index (κ2) is 4.12. The monoisotopic (exact) mass is 182 g/mol. The lowest BCUT2D eigenvalue weighted by atomic mass is 10.0. The van der Waals surface area contributed by atoms with Crippen molar-refractivity contribution in [2.75, 3.05) is 0 Å². The Hall–Kier alpha value is -1.25. The van der Waals surface area contributed by atoms with E-state index in [9.17, 15) is 4.79 Å². The molecule has 0 amide bonds. The first-order valence-corrected chi connectivity index (χ1v) is 4.41. The Morgan fingerprint density at radius 2 is 2.31 bits per heavy atom. The summed E-state index contributed by atoms with van der Waals surface area (Å²) in [5.41, 5.74) is 0. The molecule has 3 nitrogen and oxygen atoms in total. The highest BCUT2D eigenvalue weighted by atomic mass is 16.4. The maximum Gasteiger partial charge on any atom is 0.306 e. The molecule has 3 heteroatoms. The van der Waals surface area contributed by atoms with E-state index in [-0.39, 0.29) is 5.92 Å². The molecular formula is C10H14O3. The fourth-order valence-electron chi connectivity index (χ4n) is 1.24. The van der Waals surface area contributed by atoms with E-state index in [0.717, 1.165) is 11.5 Å². The van der Waals surface area contributed by atoms with Crippen LogP contribution in [-0.2, 0) is 11.2 Å². The molecule has 1 aromatic rings. The summed E-state index contributed by atoms with van der Waals surface area (Å²) < 4.78 is 5.30. The Kier molecular flexibility index (Phi) is 3.12. The van der Waals surface area contributed by atoms with Gasteiger partial charge in [-0.15, -0.1) is 0 Å². The minimum absolute atomic E-state index is 0.328. The Morgan fingerprint density at radius 3 is 2.69 bits per heavy atom. The fraction of sp³-hybridized carbons (Fsp3) is 0.500. The number of carboxylic acids is 1. The number of rotatable bonds is 4. The number of carbonyl (C=O) groups is 1. The first-order valence-electron chi connectivity index (χ1n) is 4.41. The van der Waals surface area contributed by atoms with Crippen molar-refractivity contribution in [1.29, 1.82) is 0 Å². The molecule has 0 aromatic carbocycles. The third-order valence-corrected chi connectivity index (χ3v) is 2.09. The third-order valence-electron chi connectivity index (χ3n) is 2.09. The summed E-state index contributed by atoms with van der Waals surface area (Å²) in [6.45, 7) is 3.72. The largest absolute Gasteiger partial charge is 0.481 e. The first-order chi connectivity index (χ1) is 6.13. The molecule has 0 aliphatic rings. The van der Waals surface area contributed by atoms with Gasteiger partial charge in [0.2, 0.25) is 0 Å².